The molecule has 0 saturated heterocycles. The van der Waals surface area contributed by atoms with Crippen LogP contribution < -0.4 is 5.32 Å². The van der Waals surface area contributed by atoms with Crippen molar-refractivity contribution in [1.82, 2.24) is 5.32 Å². The second-order valence-electron chi connectivity index (χ2n) is 7.65. The lowest BCUT2D eigenvalue weighted by molar-refractivity contribution is -0.127. The Morgan fingerprint density at radius 1 is 1.21 bits per heavy atom. The van der Waals surface area contributed by atoms with Crippen LogP contribution in [0.1, 0.15) is 59.3 Å². The number of rotatable bonds is 2. The highest BCUT2D eigenvalue weighted by atomic mass is 16.1. The average Bonchev–Trinajstić information content (AvgIpc) is 2.73. The van der Waals surface area contributed by atoms with Gasteiger partial charge in [-0.1, -0.05) is 32.9 Å². The number of hydrogen-bond donors (Lipinski definition) is 1. The SMILES string of the molecule is CC1(C)C2CCC1(C)C(NC(=O)C1CC=CCC1)C2. The van der Waals surface area contributed by atoms with Crippen LogP contribution in [-0.4, -0.2) is 11.9 Å². The maximum Gasteiger partial charge on any atom is 0.223 e. The fraction of sp³-hybridized carbons (Fsp3) is 0.824. The number of carbonyl (C=O) groups excluding carboxylic acids is 1. The van der Waals surface area contributed by atoms with Crippen molar-refractivity contribution in [1.29, 1.82) is 0 Å². The van der Waals surface area contributed by atoms with Crippen molar-refractivity contribution >= 4 is 5.91 Å². The first-order valence-corrected chi connectivity index (χ1v) is 7.90. The maximum absolute atomic E-state index is 12.4. The first kappa shape index (κ1) is 13.2. The summed E-state index contributed by atoms with van der Waals surface area (Å²) < 4.78 is 0. The van der Waals surface area contributed by atoms with E-state index in [9.17, 15) is 4.79 Å². The van der Waals surface area contributed by atoms with Crippen LogP contribution in [0.3, 0.4) is 0 Å². The lowest BCUT2D eigenvalue weighted by Gasteiger charge is -2.40. The zero-order valence-electron chi connectivity index (χ0n) is 12.5. The predicted octanol–water partition coefficient (Wildman–Crippen LogP) is 3.67. The number of nitrogens with one attached hydrogen (secondary N) is 1. The first-order valence-electron chi connectivity index (χ1n) is 7.90. The van der Waals surface area contributed by atoms with E-state index < -0.39 is 0 Å². The fourth-order valence-corrected chi connectivity index (χ4v) is 4.74. The summed E-state index contributed by atoms with van der Waals surface area (Å²) in [5.74, 6) is 1.32. The third-order valence-electron chi connectivity index (χ3n) is 6.75. The summed E-state index contributed by atoms with van der Waals surface area (Å²) in [4.78, 5) is 12.4. The van der Waals surface area contributed by atoms with Crippen LogP contribution in [-0.2, 0) is 4.79 Å². The van der Waals surface area contributed by atoms with Gasteiger partial charge < -0.3 is 5.32 Å². The van der Waals surface area contributed by atoms with Gasteiger partial charge in [0.05, 0.1) is 0 Å². The Balaban J connectivity index is 1.68. The summed E-state index contributed by atoms with van der Waals surface area (Å²) in [6.45, 7) is 7.20. The van der Waals surface area contributed by atoms with Crippen molar-refractivity contribution in [2.45, 2.75) is 65.3 Å². The standard InChI is InChI=1S/C17H27NO/c1-16(2)13-9-10-17(16,3)14(11-13)18-15(19)12-7-5-4-6-8-12/h4-5,12-14H,6-11H2,1-3H3,(H,18,19). The average molecular weight is 261 g/mol. The van der Waals surface area contributed by atoms with Gasteiger partial charge in [-0.15, -0.1) is 0 Å². The Kier molecular flexibility index (Phi) is 3.03. The van der Waals surface area contributed by atoms with Gasteiger partial charge >= 0.3 is 0 Å². The monoisotopic (exact) mass is 261 g/mol. The molecule has 2 heteroatoms. The minimum Gasteiger partial charge on any atom is -0.353 e. The number of fused-ring (bicyclic) bond motifs is 2. The van der Waals surface area contributed by atoms with Crippen LogP contribution >= 0.6 is 0 Å². The molecule has 0 aliphatic heterocycles. The highest BCUT2D eigenvalue weighted by Crippen LogP contribution is 2.65. The van der Waals surface area contributed by atoms with Crippen LogP contribution in [0.25, 0.3) is 0 Å². The third kappa shape index (κ3) is 1.86. The van der Waals surface area contributed by atoms with Crippen molar-refractivity contribution < 1.29 is 4.79 Å². The molecular formula is C17H27NO. The van der Waals surface area contributed by atoms with Crippen LogP contribution in [0.15, 0.2) is 12.2 Å². The first-order chi connectivity index (χ1) is 8.95. The van der Waals surface area contributed by atoms with Crippen molar-refractivity contribution in [2.24, 2.45) is 22.7 Å². The van der Waals surface area contributed by atoms with Gasteiger partial charge in [0.2, 0.25) is 5.91 Å². The summed E-state index contributed by atoms with van der Waals surface area (Å²) in [6, 6.07) is 0.402. The van der Waals surface area contributed by atoms with E-state index in [1.165, 1.54) is 19.3 Å². The van der Waals surface area contributed by atoms with Gasteiger partial charge in [-0.05, 0) is 55.3 Å². The molecule has 0 aromatic rings. The molecule has 3 aliphatic carbocycles. The smallest absolute Gasteiger partial charge is 0.223 e. The normalized spacial score (nSPS) is 43.4. The van der Waals surface area contributed by atoms with Gasteiger partial charge in [-0.2, -0.15) is 0 Å². The minimum atomic E-state index is 0.218. The van der Waals surface area contributed by atoms with E-state index in [4.69, 9.17) is 0 Å². The van der Waals surface area contributed by atoms with E-state index >= 15 is 0 Å². The van der Waals surface area contributed by atoms with Crippen LogP contribution in [0.2, 0.25) is 0 Å². The molecular weight excluding hydrogens is 234 g/mol. The molecule has 2 fully saturated rings. The number of allylic oxidation sites excluding steroid dienone is 2. The second-order valence-corrected chi connectivity index (χ2v) is 7.65. The van der Waals surface area contributed by atoms with E-state index in [0.717, 1.165) is 25.2 Å². The van der Waals surface area contributed by atoms with E-state index in [0.29, 0.717) is 22.8 Å². The van der Waals surface area contributed by atoms with Crippen molar-refractivity contribution in [3.8, 4) is 0 Å². The molecule has 3 aliphatic rings. The van der Waals surface area contributed by atoms with Crippen LogP contribution in [0.4, 0.5) is 0 Å². The molecule has 0 aromatic carbocycles. The highest BCUT2D eigenvalue weighted by molar-refractivity contribution is 5.79. The molecule has 4 atom stereocenters. The molecule has 106 valence electrons. The summed E-state index contributed by atoms with van der Waals surface area (Å²) in [5, 5.41) is 3.40. The molecule has 0 spiro atoms. The summed E-state index contributed by atoms with van der Waals surface area (Å²) in [6.07, 6.45) is 11.2. The van der Waals surface area contributed by atoms with Gasteiger partial charge in [-0.25, -0.2) is 0 Å². The Morgan fingerprint density at radius 3 is 2.53 bits per heavy atom. The molecule has 1 amide bonds. The van der Waals surface area contributed by atoms with Crippen molar-refractivity contribution in [3.05, 3.63) is 12.2 Å². The zero-order valence-corrected chi connectivity index (χ0v) is 12.5. The molecule has 2 bridgehead atoms. The van der Waals surface area contributed by atoms with E-state index in [1.807, 2.05) is 0 Å². The lowest BCUT2D eigenvalue weighted by atomic mass is 9.69. The van der Waals surface area contributed by atoms with Gasteiger partial charge in [0, 0.05) is 12.0 Å². The van der Waals surface area contributed by atoms with Crippen LogP contribution in [0.5, 0.6) is 0 Å². The Hall–Kier alpha value is -0.790. The van der Waals surface area contributed by atoms with Gasteiger partial charge in [0.25, 0.3) is 0 Å². The molecule has 3 rings (SSSR count). The maximum atomic E-state index is 12.4. The lowest BCUT2D eigenvalue weighted by Crippen LogP contribution is -2.48. The van der Waals surface area contributed by atoms with Crippen molar-refractivity contribution in [2.75, 3.05) is 0 Å². The minimum absolute atomic E-state index is 0.218. The highest BCUT2D eigenvalue weighted by Gasteiger charge is 2.61. The molecule has 0 radical (unpaired) electrons. The molecule has 2 saturated carbocycles. The summed E-state index contributed by atoms with van der Waals surface area (Å²) in [7, 11) is 0. The molecule has 4 unspecified atom stereocenters. The number of hydrogen-bond acceptors (Lipinski definition) is 1. The molecule has 0 heterocycles. The Morgan fingerprint density at radius 2 is 2.00 bits per heavy atom. The largest absolute Gasteiger partial charge is 0.353 e. The van der Waals surface area contributed by atoms with Crippen molar-refractivity contribution in [3.63, 3.8) is 0 Å². The van der Waals surface area contributed by atoms with Gasteiger partial charge in [0.1, 0.15) is 0 Å². The molecule has 0 aromatic heterocycles. The molecule has 2 nitrogen and oxygen atoms in total. The summed E-state index contributed by atoms with van der Waals surface area (Å²) in [5.41, 5.74) is 0.690. The predicted molar refractivity (Wildman–Crippen MR) is 77.6 cm³/mol. The Bertz CT molecular complexity index is 411. The third-order valence-corrected chi connectivity index (χ3v) is 6.75. The Labute approximate surface area is 117 Å². The van der Waals surface area contributed by atoms with Gasteiger partial charge in [0.15, 0.2) is 0 Å². The zero-order chi connectivity index (χ0) is 13.7. The molecule has 19 heavy (non-hydrogen) atoms. The van der Waals surface area contributed by atoms with E-state index in [1.54, 1.807) is 0 Å². The topological polar surface area (TPSA) is 29.1 Å². The van der Waals surface area contributed by atoms with Crippen LogP contribution in [0, 0.1) is 22.7 Å². The number of amides is 1. The second kappa shape index (κ2) is 4.36. The quantitative estimate of drug-likeness (QED) is 0.755. The molecule has 1 N–H and O–H groups in total. The summed E-state index contributed by atoms with van der Waals surface area (Å²) >= 11 is 0. The fourth-order valence-electron chi connectivity index (χ4n) is 4.74. The van der Waals surface area contributed by atoms with E-state index in [2.05, 4.69) is 38.2 Å². The number of carbonyl (C=O) groups is 1. The van der Waals surface area contributed by atoms with Gasteiger partial charge in [-0.3, -0.25) is 4.79 Å². The van der Waals surface area contributed by atoms with E-state index in [-0.39, 0.29) is 5.92 Å².